The minimum Gasteiger partial charge on any atom is -0.385 e. The molecule has 0 bridgehead atoms. The number of carbonyl (C=O) groups excluding carboxylic acids is 2. The molecule has 0 saturated heterocycles. The zero-order valence-electron chi connectivity index (χ0n) is 12.9. The van der Waals surface area contributed by atoms with Crippen LogP contribution in [0.15, 0.2) is 48.7 Å². The van der Waals surface area contributed by atoms with Crippen molar-refractivity contribution >= 4 is 17.5 Å². The molecule has 0 aliphatic rings. The Kier molecular flexibility index (Phi) is 6.26. The van der Waals surface area contributed by atoms with Crippen molar-refractivity contribution in [2.24, 2.45) is 0 Å². The molecule has 2 N–H and O–H groups in total. The summed E-state index contributed by atoms with van der Waals surface area (Å²) in [5.41, 5.74) is 1.29. The number of nitrogens with one attached hydrogen (secondary N) is 2. The summed E-state index contributed by atoms with van der Waals surface area (Å²) >= 11 is 0. The highest BCUT2D eigenvalue weighted by molar-refractivity contribution is 6.05. The van der Waals surface area contributed by atoms with Crippen molar-refractivity contribution in [1.29, 1.82) is 0 Å². The Morgan fingerprint density at radius 2 is 1.91 bits per heavy atom. The summed E-state index contributed by atoms with van der Waals surface area (Å²) < 4.78 is 4.92. The number of amides is 2. The number of nitrogens with zero attached hydrogens (tertiary/aromatic N) is 1. The van der Waals surface area contributed by atoms with Gasteiger partial charge in [-0.3, -0.25) is 14.6 Å². The van der Waals surface area contributed by atoms with Crippen molar-refractivity contribution in [2.75, 3.05) is 25.6 Å². The van der Waals surface area contributed by atoms with E-state index in [1.54, 1.807) is 25.3 Å². The second kappa shape index (κ2) is 8.65. The molecule has 0 aliphatic heterocycles. The third-order valence-corrected chi connectivity index (χ3v) is 3.10. The maximum absolute atomic E-state index is 12.2. The molecule has 0 fully saturated rings. The van der Waals surface area contributed by atoms with Gasteiger partial charge in [0.1, 0.15) is 5.69 Å². The highest BCUT2D eigenvalue weighted by Gasteiger charge is 2.11. The molecule has 0 radical (unpaired) electrons. The molecule has 120 valence electrons. The van der Waals surface area contributed by atoms with Gasteiger partial charge in [-0.05, 0) is 30.7 Å². The van der Waals surface area contributed by atoms with Crippen LogP contribution in [0.3, 0.4) is 0 Å². The minimum atomic E-state index is -0.310. The van der Waals surface area contributed by atoms with Gasteiger partial charge in [0, 0.05) is 37.7 Å². The van der Waals surface area contributed by atoms with Gasteiger partial charge in [-0.1, -0.05) is 18.2 Å². The van der Waals surface area contributed by atoms with Crippen molar-refractivity contribution in [2.45, 2.75) is 6.42 Å². The Hall–Kier alpha value is -2.73. The lowest BCUT2D eigenvalue weighted by molar-refractivity contribution is 0.0943. The van der Waals surface area contributed by atoms with E-state index in [1.165, 1.54) is 12.3 Å². The molecule has 2 rings (SSSR count). The molecular weight excluding hydrogens is 294 g/mol. The Balaban J connectivity index is 1.98. The number of anilines is 1. The Labute approximate surface area is 134 Å². The fourth-order valence-electron chi connectivity index (χ4n) is 1.93. The molecule has 2 amide bonds. The number of hydrogen-bond donors (Lipinski definition) is 2. The van der Waals surface area contributed by atoms with Crippen LogP contribution in [0.25, 0.3) is 0 Å². The van der Waals surface area contributed by atoms with Crippen molar-refractivity contribution in [3.05, 3.63) is 59.9 Å². The Bertz CT molecular complexity index is 659. The smallest absolute Gasteiger partial charge is 0.269 e. The molecule has 0 saturated carbocycles. The van der Waals surface area contributed by atoms with Crippen LogP contribution in [-0.2, 0) is 4.74 Å². The molecule has 6 heteroatoms. The van der Waals surface area contributed by atoms with Crippen molar-refractivity contribution in [3.63, 3.8) is 0 Å². The zero-order valence-corrected chi connectivity index (χ0v) is 12.9. The molecule has 1 heterocycles. The monoisotopic (exact) mass is 313 g/mol. The van der Waals surface area contributed by atoms with E-state index in [0.717, 1.165) is 6.42 Å². The number of pyridine rings is 1. The molecule has 0 unspecified atom stereocenters. The van der Waals surface area contributed by atoms with Gasteiger partial charge in [-0.2, -0.15) is 0 Å². The topological polar surface area (TPSA) is 80.3 Å². The summed E-state index contributed by atoms with van der Waals surface area (Å²) in [6, 6.07) is 12.2. The maximum atomic E-state index is 12.2. The summed E-state index contributed by atoms with van der Waals surface area (Å²) in [5.74, 6) is -0.595. The number of ether oxygens (including phenoxy) is 1. The predicted molar refractivity (Wildman–Crippen MR) is 87.5 cm³/mol. The number of methoxy groups -OCH3 is 1. The molecule has 0 spiro atoms. The average molecular weight is 313 g/mol. The fourth-order valence-corrected chi connectivity index (χ4v) is 1.93. The van der Waals surface area contributed by atoms with Gasteiger partial charge in [-0.15, -0.1) is 0 Å². The fraction of sp³-hybridized carbons (Fsp3) is 0.235. The van der Waals surface area contributed by atoms with E-state index in [2.05, 4.69) is 15.6 Å². The van der Waals surface area contributed by atoms with Crippen LogP contribution in [0.5, 0.6) is 0 Å². The first-order valence-electron chi connectivity index (χ1n) is 7.30. The van der Waals surface area contributed by atoms with E-state index in [1.807, 2.05) is 18.2 Å². The number of aromatic nitrogens is 1. The normalized spacial score (nSPS) is 10.1. The van der Waals surface area contributed by atoms with Crippen LogP contribution in [0, 0.1) is 0 Å². The second-order valence-electron chi connectivity index (χ2n) is 4.85. The van der Waals surface area contributed by atoms with Gasteiger partial charge >= 0.3 is 0 Å². The summed E-state index contributed by atoms with van der Waals surface area (Å²) in [6.45, 7) is 1.07. The zero-order chi connectivity index (χ0) is 16.5. The summed E-state index contributed by atoms with van der Waals surface area (Å²) in [6.07, 6.45) is 2.17. The summed E-state index contributed by atoms with van der Waals surface area (Å²) in [4.78, 5) is 28.2. The lowest BCUT2D eigenvalue weighted by Gasteiger charge is -2.07. The van der Waals surface area contributed by atoms with Gasteiger partial charge in [0.25, 0.3) is 11.8 Å². The van der Waals surface area contributed by atoms with Gasteiger partial charge < -0.3 is 15.4 Å². The molecule has 23 heavy (non-hydrogen) atoms. The van der Waals surface area contributed by atoms with Crippen LogP contribution < -0.4 is 10.6 Å². The maximum Gasteiger partial charge on any atom is 0.269 e. The predicted octanol–water partition coefficient (Wildman–Crippen LogP) is 2.10. The quantitative estimate of drug-likeness (QED) is 0.767. The van der Waals surface area contributed by atoms with Gasteiger partial charge in [0.05, 0.1) is 0 Å². The van der Waals surface area contributed by atoms with Gasteiger partial charge in [-0.25, -0.2) is 0 Å². The minimum absolute atomic E-state index is 0.211. The molecule has 1 aromatic carbocycles. The standard InChI is InChI=1S/C17H19N3O3/c1-23-11-5-9-19-17(22)15-12-13(8-10-18-15)16(21)20-14-6-3-2-4-7-14/h2-4,6-8,10,12H,5,9,11H2,1H3,(H,19,22)(H,20,21). The Morgan fingerprint density at radius 1 is 1.13 bits per heavy atom. The lowest BCUT2D eigenvalue weighted by Crippen LogP contribution is -2.26. The third-order valence-electron chi connectivity index (χ3n) is 3.10. The number of benzene rings is 1. The molecule has 2 aromatic rings. The molecule has 0 aliphatic carbocycles. The number of para-hydroxylation sites is 1. The highest BCUT2D eigenvalue weighted by Crippen LogP contribution is 2.09. The van der Waals surface area contributed by atoms with E-state index >= 15 is 0 Å². The van der Waals surface area contributed by atoms with Crippen LogP contribution in [0.4, 0.5) is 5.69 Å². The SMILES string of the molecule is COCCCNC(=O)c1cc(C(=O)Nc2ccccc2)ccn1. The van der Waals surface area contributed by atoms with Gasteiger partial charge in [0.15, 0.2) is 0 Å². The number of carbonyl (C=O) groups is 2. The molecular formula is C17H19N3O3. The summed E-state index contributed by atoms with van der Waals surface area (Å²) in [7, 11) is 1.61. The van der Waals surface area contributed by atoms with Crippen molar-refractivity contribution in [3.8, 4) is 0 Å². The Morgan fingerprint density at radius 3 is 2.65 bits per heavy atom. The summed E-state index contributed by atoms with van der Waals surface area (Å²) in [5, 5.41) is 5.51. The highest BCUT2D eigenvalue weighted by atomic mass is 16.5. The van der Waals surface area contributed by atoms with E-state index in [4.69, 9.17) is 4.74 Å². The van der Waals surface area contributed by atoms with Crippen molar-refractivity contribution in [1.82, 2.24) is 10.3 Å². The molecule has 0 atom stereocenters. The first-order valence-corrected chi connectivity index (χ1v) is 7.30. The van der Waals surface area contributed by atoms with Crippen LogP contribution in [-0.4, -0.2) is 37.1 Å². The average Bonchev–Trinajstić information content (AvgIpc) is 2.59. The molecule has 1 aromatic heterocycles. The lowest BCUT2D eigenvalue weighted by atomic mass is 10.2. The van der Waals surface area contributed by atoms with Crippen LogP contribution >= 0.6 is 0 Å². The van der Waals surface area contributed by atoms with Crippen molar-refractivity contribution < 1.29 is 14.3 Å². The van der Waals surface area contributed by atoms with Gasteiger partial charge in [0.2, 0.25) is 0 Å². The van der Waals surface area contributed by atoms with Crippen LogP contribution in [0.2, 0.25) is 0 Å². The largest absolute Gasteiger partial charge is 0.385 e. The number of hydrogen-bond acceptors (Lipinski definition) is 4. The number of rotatable bonds is 7. The third kappa shape index (κ3) is 5.19. The first kappa shape index (κ1) is 16.6. The van der Waals surface area contributed by atoms with Crippen LogP contribution in [0.1, 0.15) is 27.3 Å². The van der Waals surface area contributed by atoms with E-state index in [-0.39, 0.29) is 17.5 Å². The molecule has 6 nitrogen and oxygen atoms in total. The first-order chi connectivity index (χ1) is 11.2. The van der Waals surface area contributed by atoms with E-state index in [9.17, 15) is 9.59 Å². The second-order valence-corrected chi connectivity index (χ2v) is 4.85. The van der Waals surface area contributed by atoms with E-state index < -0.39 is 0 Å². The van der Waals surface area contributed by atoms with E-state index in [0.29, 0.717) is 24.4 Å².